The third-order valence-corrected chi connectivity index (χ3v) is 6.60. The van der Waals surface area contributed by atoms with Crippen molar-refractivity contribution in [2.75, 3.05) is 20.2 Å². The van der Waals surface area contributed by atoms with Crippen molar-refractivity contribution in [3.8, 4) is 17.2 Å². The Balaban J connectivity index is 1.37. The summed E-state index contributed by atoms with van der Waals surface area (Å²) in [4.78, 5) is 24.2. The number of hydrogen-bond donors (Lipinski definition) is 0. The summed E-state index contributed by atoms with van der Waals surface area (Å²) in [6.07, 6.45) is 9.22. The first kappa shape index (κ1) is 20.7. The molecular weight excluding hydrogens is 404 g/mol. The van der Waals surface area contributed by atoms with E-state index in [1.54, 1.807) is 19.5 Å². The van der Waals surface area contributed by atoms with Crippen molar-refractivity contribution in [2.45, 2.75) is 43.9 Å². The van der Waals surface area contributed by atoms with Crippen molar-refractivity contribution < 1.29 is 14.1 Å². The fourth-order valence-corrected chi connectivity index (χ4v) is 4.77. The molecule has 1 saturated carbocycles. The van der Waals surface area contributed by atoms with Crippen LogP contribution in [0.15, 0.2) is 53.3 Å². The van der Waals surface area contributed by atoms with Crippen molar-refractivity contribution in [2.24, 2.45) is 5.92 Å². The van der Waals surface area contributed by atoms with Crippen LogP contribution in [0.25, 0.3) is 11.5 Å². The number of benzene rings is 1. The van der Waals surface area contributed by atoms with Crippen molar-refractivity contribution >= 4 is 5.91 Å². The normalized spacial score (nSPS) is 20.8. The number of rotatable bonds is 7. The van der Waals surface area contributed by atoms with Gasteiger partial charge in [0, 0.05) is 25.5 Å². The summed E-state index contributed by atoms with van der Waals surface area (Å²) in [6.45, 7) is 1.40. The molecule has 1 amide bonds. The molecule has 7 nitrogen and oxygen atoms in total. The number of carbonyl (C=O) groups excluding carboxylic acids is 1. The van der Waals surface area contributed by atoms with Gasteiger partial charge >= 0.3 is 0 Å². The molecule has 1 unspecified atom stereocenters. The Kier molecular flexibility index (Phi) is 5.64. The molecule has 2 aromatic heterocycles. The molecule has 5 rings (SSSR count). The second-order valence-corrected chi connectivity index (χ2v) is 9.04. The summed E-state index contributed by atoms with van der Waals surface area (Å²) in [6, 6.07) is 11.5. The number of methoxy groups -OCH3 is 1. The number of ether oxygens (including phenoxy) is 1. The Morgan fingerprint density at radius 1 is 1.28 bits per heavy atom. The Labute approximate surface area is 187 Å². The molecule has 166 valence electrons. The van der Waals surface area contributed by atoms with E-state index in [0.717, 1.165) is 48.5 Å². The van der Waals surface area contributed by atoms with E-state index in [2.05, 4.69) is 10.1 Å². The van der Waals surface area contributed by atoms with Gasteiger partial charge < -0.3 is 14.2 Å². The molecule has 1 aliphatic carbocycles. The Hall–Kier alpha value is -3.22. The number of likely N-dealkylation sites (tertiary alicyclic amines) is 1. The summed E-state index contributed by atoms with van der Waals surface area (Å²) >= 11 is 0. The maximum absolute atomic E-state index is 13.2. The number of piperidine rings is 1. The first-order valence-electron chi connectivity index (χ1n) is 11.3. The maximum atomic E-state index is 13.2. The minimum absolute atomic E-state index is 0.133. The lowest BCUT2D eigenvalue weighted by molar-refractivity contribution is -0.133. The lowest BCUT2D eigenvalue weighted by atomic mass is 9.74. The van der Waals surface area contributed by atoms with Crippen molar-refractivity contribution in [3.63, 3.8) is 0 Å². The van der Waals surface area contributed by atoms with E-state index in [4.69, 9.17) is 14.2 Å². The van der Waals surface area contributed by atoms with Crippen LogP contribution in [0.5, 0.6) is 5.75 Å². The quantitative estimate of drug-likeness (QED) is 0.560. The van der Waals surface area contributed by atoms with E-state index >= 15 is 0 Å². The highest BCUT2D eigenvalue weighted by molar-refractivity contribution is 5.79. The fraction of sp³-hybridized carbons (Fsp3) is 0.440. The predicted molar refractivity (Wildman–Crippen MR) is 119 cm³/mol. The Bertz CT molecular complexity index is 1080. The number of carbonyl (C=O) groups is 1. The molecule has 7 heteroatoms. The molecule has 0 spiro atoms. The molecule has 1 saturated heterocycles. The van der Waals surface area contributed by atoms with Crippen LogP contribution in [0.1, 0.15) is 43.5 Å². The van der Waals surface area contributed by atoms with Crippen LogP contribution in [0, 0.1) is 5.92 Å². The minimum Gasteiger partial charge on any atom is -0.497 e. The SMILES string of the molecule is COc1cccc(CC(=O)N2CCCC(CC3CC3)(c3noc(-c4cccnc4)n3)C2)c1. The zero-order valence-corrected chi connectivity index (χ0v) is 18.4. The fourth-order valence-electron chi connectivity index (χ4n) is 4.77. The van der Waals surface area contributed by atoms with E-state index < -0.39 is 0 Å². The molecule has 3 heterocycles. The van der Waals surface area contributed by atoms with Crippen LogP contribution in [0.3, 0.4) is 0 Å². The summed E-state index contributed by atoms with van der Waals surface area (Å²) in [7, 11) is 1.64. The monoisotopic (exact) mass is 432 g/mol. The summed E-state index contributed by atoms with van der Waals surface area (Å²) < 4.78 is 10.9. The number of nitrogens with zero attached hydrogens (tertiary/aromatic N) is 4. The number of amides is 1. The highest BCUT2D eigenvalue weighted by Crippen LogP contribution is 2.46. The van der Waals surface area contributed by atoms with E-state index in [9.17, 15) is 4.79 Å². The highest BCUT2D eigenvalue weighted by atomic mass is 16.5. The lowest BCUT2D eigenvalue weighted by Gasteiger charge is -2.41. The third kappa shape index (κ3) is 4.38. The zero-order chi connectivity index (χ0) is 22.0. The Morgan fingerprint density at radius 2 is 2.19 bits per heavy atom. The predicted octanol–water partition coefficient (Wildman–Crippen LogP) is 4.04. The van der Waals surface area contributed by atoms with Gasteiger partial charge in [-0.2, -0.15) is 4.98 Å². The summed E-state index contributed by atoms with van der Waals surface area (Å²) in [5, 5.41) is 4.40. The van der Waals surface area contributed by atoms with E-state index in [1.165, 1.54) is 12.8 Å². The van der Waals surface area contributed by atoms with Gasteiger partial charge in [0.05, 0.1) is 24.5 Å². The molecular formula is C25H28N4O3. The smallest absolute Gasteiger partial charge is 0.259 e. The average molecular weight is 433 g/mol. The van der Waals surface area contributed by atoms with Gasteiger partial charge in [-0.25, -0.2) is 0 Å². The van der Waals surface area contributed by atoms with Crippen LogP contribution in [0.2, 0.25) is 0 Å². The molecule has 0 N–H and O–H groups in total. The number of hydrogen-bond acceptors (Lipinski definition) is 6. The average Bonchev–Trinajstić information content (AvgIpc) is 3.49. The van der Waals surface area contributed by atoms with Gasteiger partial charge in [0.1, 0.15) is 5.75 Å². The van der Waals surface area contributed by atoms with Gasteiger partial charge in [-0.3, -0.25) is 9.78 Å². The molecule has 32 heavy (non-hydrogen) atoms. The molecule has 1 aliphatic heterocycles. The molecule has 2 aliphatic rings. The van der Waals surface area contributed by atoms with Crippen molar-refractivity contribution in [3.05, 3.63) is 60.2 Å². The van der Waals surface area contributed by atoms with Gasteiger partial charge in [-0.05, 0) is 55.0 Å². The number of pyridine rings is 1. The van der Waals surface area contributed by atoms with Crippen LogP contribution in [-0.4, -0.2) is 46.1 Å². The van der Waals surface area contributed by atoms with E-state index in [1.807, 2.05) is 41.3 Å². The maximum Gasteiger partial charge on any atom is 0.259 e. The van der Waals surface area contributed by atoms with E-state index in [-0.39, 0.29) is 11.3 Å². The molecule has 1 aromatic carbocycles. The second-order valence-electron chi connectivity index (χ2n) is 9.04. The first-order chi connectivity index (χ1) is 15.6. The zero-order valence-electron chi connectivity index (χ0n) is 18.4. The second kappa shape index (κ2) is 8.73. The van der Waals surface area contributed by atoms with Crippen LogP contribution in [-0.2, 0) is 16.6 Å². The van der Waals surface area contributed by atoms with E-state index in [0.29, 0.717) is 24.8 Å². The standard InChI is InChI=1S/C25H28N4O3/c1-31-21-7-2-5-19(13-21)14-22(30)29-12-4-10-25(17-29,15-18-8-9-18)24-27-23(32-28-24)20-6-3-11-26-16-20/h2-3,5-7,11,13,16,18H,4,8-10,12,14-15,17H2,1H3. The number of aromatic nitrogens is 3. The highest BCUT2D eigenvalue weighted by Gasteiger charge is 2.45. The lowest BCUT2D eigenvalue weighted by Crippen LogP contribution is -2.49. The van der Waals surface area contributed by atoms with Gasteiger partial charge in [0.2, 0.25) is 5.91 Å². The summed E-state index contributed by atoms with van der Waals surface area (Å²) in [5.74, 6) is 2.80. The Morgan fingerprint density at radius 3 is 2.97 bits per heavy atom. The van der Waals surface area contributed by atoms with Crippen molar-refractivity contribution in [1.82, 2.24) is 20.0 Å². The van der Waals surface area contributed by atoms with Gasteiger partial charge in [-0.1, -0.05) is 30.1 Å². The van der Waals surface area contributed by atoms with Crippen molar-refractivity contribution in [1.29, 1.82) is 0 Å². The van der Waals surface area contributed by atoms with Gasteiger partial charge in [-0.15, -0.1) is 0 Å². The largest absolute Gasteiger partial charge is 0.497 e. The summed E-state index contributed by atoms with van der Waals surface area (Å²) in [5.41, 5.74) is 1.52. The third-order valence-electron chi connectivity index (χ3n) is 6.60. The first-order valence-corrected chi connectivity index (χ1v) is 11.3. The topological polar surface area (TPSA) is 81.4 Å². The van der Waals surface area contributed by atoms with Crippen LogP contribution < -0.4 is 4.74 Å². The molecule has 1 atom stereocenters. The minimum atomic E-state index is -0.257. The molecule has 0 bridgehead atoms. The van der Waals surface area contributed by atoms with Crippen LogP contribution >= 0.6 is 0 Å². The molecule has 2 fully saturated rings. The van der Waals surface area contributed by atoms with Crippen LogP contribution in [0.4, 0.5) is 0 Å². The van der Waals surface area contributed by atoms with Gasteiger partial charge in [0.25, 0.3) is 5.89 Å². The molecule has 0 radical (unpaired) electrons. The van der Waals surface area contributed by atoms with Gasteiger partial charge in [0.15, 0.2) is 5.82 Å². The molecule has 3 aromatic rings.